The molecule has 2 N–H and O–H groups in total. The molecule has 29 heavy (non-hydrogen) atoms. The van der Waals surface area contributed by atoms with Crippen molar-refractivity contribution in [1.29, 1.82) is 0 Å². The van der Waals surface area contributed by atoms with Gasteiger partial charge in [0.25, 0.3) is 0 Å². The van der Waals surface area contributed by atoms with E-state index in [4.69, 9.17) is 4.74 Å². The molecule has 0 spiro atoms. The van der Waals surface area contributed by atoms with Gasteiger partial charge in [-0.15, -0.1) is 12.4 Å². The number of benzene rings is 2. The highest BCUT2D eigenvalue weighted by Gasteiger charge is 2.27. The van der Waals surface area contributed by atoms with Crippen LogP contribution in [0.4, 0.5) is 8.78 Å². The molecule has 0 saturated carbocycles. The third kappa shape index (κ3) is 5.88. The number of nitrogens with zero attached hydrogens (tertiary/aromatic N) is 1. The molecule has 158 valence electrons. The van der Waals surface area contributed by atoms with E-state index in [0.29, 0.717) is 6.54 Å². The third-order valence-corrected chi connectivity index (χ3v) is 4.96. The minimum Gasteiger partial charge on any atom is -0.496 e. The van der Waals surface area contributed by atoms with Crippen LogP contribution in [0.25, 0.3) is 0 Å². The standard InChI is InChI=1S/C21H25F2N3O2.ClH/c1-28-20-8-3-2-5-16(20)19-13-24-11-12-26(19)14-21(27)25-10-9-15-17(22)6-4-7-18(15)23;/h2-8,19,24H,9-14H2,1H3,(H,25,27);1H. The lowest BCUT2D eigenvalue weighted by atomic mass is 10.0. The highest BCUT2D eigenvalue weighted by molar-refractivity contribution is 5.85. The zero-order chi connectivity index (χ0) is 19.9. The maximum Gasteiger partial charge on any atom is 0.234 e. The van der Waals surface area contributed by atoms with E-state index in [9.17, 15) is 13.6 Å². The number of carbonyl (C=O) groups is 1. The van der Waals surface area contributed by atoms with Crippen molar-refractivity contribution in [2.45, 2.75) is 12.5 Å². The Hall–Kier alpha value is -2.22. The van der Waals surface area contributed by atoms with Crippen molar-refractivity contribution < 1.29 is 18.3 Å². The van der Waals surface area contributed by atoms with Crippen molar-refractivity contribution >= 4 is 18.3 Å². The summed E-state index contributed by atoms with van der Waals surface area (Å²) in [6, 6.07) is 11.6. The number of nitrogens with one attached hydrogen (secondary N) is 2. The number of piperazine rings is 1. The molecule has 1 unspecified atom stereocenters. The van der Waals surface area contributed by atoms with Crippen LogP contribution >= 0.6 is 12.4 Å². The van der Waals surface area contributed by atoms with Gasteiger partial charge in [0.05, 0.1) is 19.7 Å². The Morgan fingerprint density at radius 1 is 1.21 bits per heavy atom. The van der Waals surface area contributed by atoms with Crippen molar-refractivity contribution in [3.05, 3.63) is 65.2 Å². The van der Waals surface area contributed by atoms with Crippen LogP contribution < -0.4 is 15.4 Å². The summed E-state index contributed by atoms with van der Waals surface area (Å²) in [4.78, 5) is 14.5. The Morgan fingerprint density at radius 3 is 2.66 bits per heavy atom. The van der Waals surface area contributed by atoms with Crippen molar-refractivity contribution in [3.8, 4) is 5.75 Å². The van der Waals surface area contributed by atoms with Gasteiger partial charge >= 0.3 is 0 Å². The number of rotatable bonds is 7. The number of carbonyl (C=O) groups excluding carboxylic acids is 1. The fraction of sp³-hybridized carbons (Fsp3) is 0.381. The Labute approximate surface area is 175 Å². The van der Waals surface area contributed by atoms with Crippen molar-refractivity contribution in [3.63, 3.8) is 0 Å². The summed E-state index contributed by atoms with van der Waals surface area (Å²) in [5.41, 5.74) is 1.02. The summed E-state index contributed by atoms with van der Waals surface area (Å²) >= 11 is 0. The molecule has 1 atom stereocenters. The van der Waals surface area contributed by atoms with Gasteiger partial charge in [-0.05, 0) is 24.6 Å². The van der Waals surface area contributed by atoms with Crippen LogP contribution in [0.2, 0.25) is 0 Å². The van der Waals surface area contributed by atoms with Crippen LogP contribution in [-0.4, -0.2) is 50.6 Å². The van der Waals surface area contributed by atoms with Gasteiger partial charge in [-0.2, -0.15) is 0 Å². The Kier molecular flexibility index (Phi) is 8.82. The lowest BCUT2D eigenvalue weighted by molar-refractivity contribution is -0.123. The lowest BCUT2D eigenvalue weighted by Gasteiger charge is -2.36. The summed E-state index contributed by atoms with van der Waals surface area (Å²) in [6.45, 7) is 2.62. The average Bonchev–Trinajstić information content (AvgIpc) is 2.70. The fourth-order valence-corrected chi connectivity index (χ4v) is 3.52. The van der Waals surface area contributed by atoms with E-state index in [1.54, 1.807) is 7.11 Å². The molecule has 1 aliphatic rings. The van der Waals surface area contributed by atoms with E-state index in [0.717, 1.165) is 24.4 Å². The Morgan fingerprint density at radius 2 is 1.93 bits per heavy atom. The second kappa shape index (κ2) is 11.1. The normalized spacial score (nSPS) is 16.7. The highest BCUT2D eigenvalue weighted by Crippen LogP contribution is 2.29. The summed E-state index contributed by atoms with van der Waals surface area (Å²) in [5, 5.41) is 6.12. The van der Waals surface area contributed by atoms with Crippen LogP contribution in [0.1, 0.15) is 17.2 Å². The average molecular weight is 426 g/mol. The van der Waals surface area contributed by atoms with Gasteiger partial charge in [0.2, 0.25) is 5.91 Å². The molecule has 0 aliphatic carbocycles. The summed E-state index contributed by atoms with van der Waals surface area (Å²) in [7, 11) is 1.63. The topological polar surface area (TPSA) is 53.6 Å². The smallest absolute Gasteiger partial charge is 0.234 e. The van der Waals surface area contributed by atoms with E-state index in [1.807, 2.05) is 24.3 Å². The van der Waals surface area contributed by atoms with Crippen molar-refractivity contribution in [1.82, 2.24) is 15.5 Å². The number of amides is 1. The molecule has 8 heteroatoms. The quantitative estimate of drug-likeness (QED) is 0.716. The van der Waals surface area contributed by atoms with Gasteiger partial charge in [0, 0.05) is 37.3 Å². The summed E-state index contributed by atoms with van der Waals surface area (Å²) < 4.78 is 32.8. The van der Waals surface area contributed by atoms with E-state index in [-0.39, 0.29) is 49.4 Å². The van der Waals surface area contributed by atoms with Gasteiger partial charge in [0.15, 0.2) is 0 Å². The number of para-hydroxylation sites is 1. The highest BCUT2D eigenvalue weighted by atomic mass is 35.5. The van der Waals surface area contributed by atoms with Gasteiger partial charge in [-0.25, -0.2) is 8.78 Å². The first-order valence-corrected chi connectivity index (χ1v) is 9.37. The number of hydrogen-bond donors (Lipinski definition) is 2. The molecule has 1 amide bonds. The predicted molar refractivity (Wildman–Crippen MR) is 110 cm³/mol. The molecule has 5 nitrogen and oxygen atoms in total. The van der Waals surface area contributed by atoms with Crippen LogP contribution in [0.5, 0.6) is 5.75 Å². The molecular formula is C21H26ClF2N3O2. The van der Waals surface area contributed by atoms with Crippen LogP contribution in [0.15, 0.2) is 42.5 Å². The van der Waals surface area contributed by atoms with E-state index < -0.39 is 11.6 Å². The van der Waals surface area contributed by atoms with Crippen LogP contribution in [-0.2, 0) is 11.2 Å². The van der Waals surface area contributed by atoms with Gasteiger partial charge in [0.1, 0.15) is 17.4 Å². The lowest BCUT2D eigenvalue weighted by Crippen LogP contribution is -2.49. The zero-order valence-electron chi connectivity index (χ0n) is 16.3. The monoisotopic (exact) mass is 425 g/mol. The fourth-order valence-electron chi connectivity index (χ4n) is 3.52. The summed E-state index contributed by atoms with van der Waals surface area (Å²) in [5.74, 6) is -0.560. The number of halogens is 3. The third-order valence-electron chi connectivity index (χ3n) is 4.96. The molecule has 2 aromatic rings. The molecule has 2 aromatic carbocycles. The van der Waals surface area contributed by atoms with Crippen molar-refractivity contribution in [2.75, 3.05) is 39.8 Å². The van der Waals surface area contributed by atoms with E-state index in [2.05, 4.69) is 15.5 Å². The van der Waals surface area contributed by atoms with Crippen LogP contribution in [0, 0.1) is 11.6 Å². The minimum atomic E-state index is -0.590. The molecule has 1 saturated heterocycles. The molecule has 1 heterocycles. The van der Waals surface area contributed by atoms with E-state index >= 15 is 0 Å². The minimum absolute atomic E-state index is 0. The molecular weight excluding hydrogens is 400 g/mol. The molecule has 1 aliphatic heterocycles. The summed E-state index contributed by atoms with van der Waals surface area (Å²) in [6.07, 6.45) is 0.113. The van der Waals surface area contributed by atoms with Gasteiger partial charge in [-0.3, -0.25) is 9.69 Å². The van der Waals surface area contributed by atoms with E-state index in [1.165, 1.54) is 18.2 Å². The van der Waals surface area contributed by atoms with Gasteiger partial charge < -0.3 is 15.4 Å². The maximum atomic E-state index is 13.7. The van der Waals surface area contributed by atoms with Crippen LogP contribution in [0.3, 0.4) is 0 Å². The number of ether oxygens (including phenoxy) is 1. The number of methoxy groups -OCH3 is 1. The Bertz CT molecular complexity index is 802. The zero-order valence-corrected chi connectivity index (χ0v) is 17.1. The maximum absolute atomic E-state index is 13.7. The first-order valence-electron chi connectivity index (χ1n) is 9.37. The van der Waals surface area contributed by atoms with Gasteiger partial charge in [-0.1, -0.05) is 24.3 Å². The second-order valence-electron chi connectivity index (χ2n) is 6.73. The van der Waals surface area contributed by atoms with Crippen molar-refractivity contribution in [2.24, 2.45) is 0 Å². The second-order valence-corrected chi connectivity index (χ2v) is 6.73. The molecule has 0 bridgehead atoms. The Balaban J connectivity index is 0.00000300. The largest absolute Gasteiger partial charge is 0.496 e. The predicted octanol–water partition coefficient (Wildman–Crippen LogP) is 2.70. The first-order chi connectivity index (χ1) is 13.6. The SMILES string of the molecule is COc1ccccc1C1CNCCN1CC(=O)NCCc1c(F)cccc1F.Cl. The first kappa shape index (κ1) is 23.1. The molecule has 1 fully saturated rings. The molecule has 3 rings (SSSR count). The number of hydrogen-bond acceptors (Lipinski definition) is 4. The molecule has 0 aromatic heterocycles. The molecule has 0 radical (unpaired) electrons.